The molecule has 0 spiro atoms. The van der Waals surface area contributed by atoms with E-state index < -0.39 is 5.60 Å². The quantitative estimate of drug-likeness (QED) is 0.496. The fourth-order valence-electron chi connectivity index (χ4n) is 7.80. The van der Waals surface area contributed by atoms with Crippen LogP contribution in [0.3, 0.4) is 0 Å². The topological polar surface area (TPSA) is 57.9 Å². The van der Waals surface area contributed by atoms with E-state index >= 15 is 0 Å². The van der Waals surface area contributed by atoms with E-state index in [9.17, 15) is 14.6 Å². The molecule has 5 nitrogen and oxygen atoms in total. The second-order valence-corrected chi connectivity index (χ2v) is 12.0. The number of methoxy groups -OCH3 is 1. The van der Waals surface area contributed by atoms with Crippen molar-refractivity contribution < 1.29 is 19.3 Å². The first-order valence-corrected chi connectivity index (χ1v) is 14.1. The second-order valence-electron chi connectivity index (χ2n) is 12.0. The van der Waals surface area contributed by atoms with Gasteiger partial charge in [0.05, 0.1) is 18.2 Å². The molecule has 2 N–H and O–H groups in total. The molecule has 1 saturated carbocycles. The summed E-state index contributed by atoms with van der Waals surface area (Å²) in [4.78, 5) is 2.56. The Morgan fingerprint density at radius 1 is 1.14 bits per heavy atom. The largest absolute Gasteiger partial charge is 0.504 e. The van der Waals surface area contributed by atoms with Crippen molar-refractivity contribution in [2.75, 3.05) is 20.2 Å². The molecule has 7 rings (SSSR count). The number of aromatic hydroxyl groups is 1. The standard InChI is InChI=1S/C31H37FN2O3/c1-37-28-8-6-19(13-27(28)35)7-9-29-31(36)17-25-24-16-23(32)14-21-3-2-11-34(30(21)24)26(25)15-22(31)10-12-33(29)18-20-4-5-20/h6,8,13-14,16,20,22,29,35-36H,2-5,7,9-12,15,17-18H2,1H3/t22?,29-,31?/m1/s1. The van der Waals surface area contributed by atoms with Gasteiger partial charge in [-0.05, 0) is 111 Å². The molecule has 6 heteroatoms. The number of halogens is 1. The molecule has 0 amide bonds. The highest BCUT2D eigenvalue weighted by Gasteiger charge is 2.53. The maximum atomic E-state index is 14.7. The summed E-state index contributed by atoms with van der Waals surface area (Å²) >= 11 is 0. The average Bonchev–Trinajstić information content (AvgIpc) is 3.65. The number of phenols is 1. The molecule has 2 aromatic carbocycles. The van der Waals surface area contributed by atoms with E-state index in [1.165, 1.54) is 29.6 Å². The summed E-state index contributed by atoms with van der Waals surface area (Å²) in [5.74, 6) is 1.44. The minimum Gasteiger partial charge on any atom is -0.504 e. The lowest BCUT2D eigenvalue weighted by molar-refractivity contribution is -0.129. The molecule has 3 heterocycles. The van der Waals surface area contributed by atoms with Crippen molar-refractivity contribution >= 4 is 10.9 Å². The van der Waals surface area contributed by atoms with E-state index in [0.29, 0.717) is 12.2 Å². The summed E-state index contributed by atoms with van der Waals surface area (Å²) in [7, 11) is 1.56. The molecule has 196 valence electrons. The Hall–Kier alpha value is -2.57. The normalized spacial score (nSPS) is 27.2. The minimum absolute atomic E-state index is 0.0424. The molecule has 2 aliphatic heterocycles. The van der Waals surface area contributed by atoms with Crippen molar-refractivity contribution in [2.24, 2.45) is 11.8 Å². The average molecular weight is 505 g/mol. The third-order valence-electron chi connectivity index (χ3n) is 9.78. The maximum absolute atomic E-state index is 14.7. The van der Waals surface area contributed by atoms with Gasteiger partial charge in [0, 0.05) is 36.6 Å². The van der Waals surface area contributed by atoms with Crippen molar-refractivity contribution in [1.82, 2.24) is 9.47 Å². The van der Waals surface area contributed by atoms with E-state index in [2.05, 4.69) is 9.47 Å². The molecule has 0 bridgehead atoms. The lowest BCUT2D eigenvalue weighted by atomic mass is 9.65. The van der Waals surface area contributed by atoms with Crippen molar-refractivity contribution in [3.63, 3.8) is 0 Å². The number of phenolic OH excluding ortho intramolecular Hbond substituents is 1. The zero-order chi connectivity index (χ0) is 25.3. The summed E-state index contributed by atoms with van der Waals surface area (Å²) in [6.45, 7) is 3.08. The maximum Gasteiger partial charge on any atom is 0.160 e. The van der Waals surface area contributed by atoms with E-state index in [1.54, 1.807) is 25.3 Å². The molecule has 4 aliphatic rings. The number of benzene rings is 2. The van der Waals surface area contributed by atoms with E-state index in [0.717, 1.165) is 80.6 Å². The molecule has 2 fully saturated rings. The number of nitrogens with zero attached hydrogens (tertiary/aromatic N) is 2. The zero-order valence-corrected chi connectivity index (χ0v) is 21.7. The molecule has 0 radical (unpaired) electrons. The number of piperidine rings is 1. The number of ether oxygens (including phenoxy) is 1. The Bertz CT molecular complexity index is 1360. The monoisotopic (exact) mass is 504 g/mol. The SMILES string of the molecule is COc1ccc(CC[C@H]2N(CC3CC3)CCC3Cc4c(c5cc(F)cc6c5n4CCC6)CC32O)cc1O. The number of rotatable bonds is 6. The molecule has 2 unspecified atom stereocenters. The molecular weight excluding hydrogens is 467 g/mol. The fourth-order valence-corrected chi connectivity index (χ4v) is 7.80. The van der Waals surface area contributed by atoms with Gasteiger partial charge in [-0.2, -0.15) is 0 Å². The summed E-state index contributed by atoms with van der Waals surface area (Å²) in [5.41, 5.74) is 5.06. The molecule has 3 atom stereocenters. The number of aliphatic hydroxyl groups is 1. The molecule has 3 aromatic rings. The van der Waals surface area contributed by atoms with Gasteiger partial charge in [0.15, 0.2) is 11.5 Å². The van der Waals surface area contributed by atoms with Crippen molar-refractivity contribution in [1.29, 1.82) is 0 Å². The zero-order valence-electron chi connectivity index (χ0n) is 21.7. The van der Waals surface area contributed by atoms with Crippen LogP contribution in [0.15, 0.2) is 30.3 Å². The van der Waals surface area contributed by atoms with Gasteiger partial charge in [-0.15, -0.1) is 0 Å². The Morgan fingerprint density at radius 2 is 2.00 bits per heavy atom. The molecular formula is C31H37FN2O3. The van der Waals surface area contributed by atoms with Crippen LogP contribution in [0.5, 0.6) is 11.5 Å². The van der Waals surface area contributed by atoms with Gasteiger partial charge in [-0.3, -0.25) is 4.90 Å². The van der Waals surface area contributed by atoms with E-state index in [1.807, 2.05) is 12.1 Å². The number of aromatic nitrogens is 1. The van der Waals surface area contributed by atoms with Crippen LogP contribution in [0.1, 0.15) is 54.5 Å². The Kier molecular flexibility index (Phi) is 5.56. The predicted molar refractivity (Wildman–Crippen MR) is 142 cm³/mol. The number of hydrogen-bond acceptors (Lipinski definition) is 4. The van der Waals surface area contributed by atoms with Gasteiger partial charge in [0.2, 0.25) is 0 Å². The lowest BCUT2D eigenvalue weighted by Gasteiger charge is -2.54. The fraction of sp³-hybridized carbons (Fsp3) is 0.548. The number of likely N-dealkylation sites (tertiary alicyclic amines) is 1. The van der Waals surface area contributed by atoms with Crippen LogP contribution in [0.4, 0.5) is 4.39 Å². The highest BCUT2D eigenvalue weighted by Crippen LogP contribution is 2.48. The second kappa shape index (κ2) is 8.74. The van der Waals surface area contributed by atoms with Gasteiger partial charge in [0.25, 0.3) is 0 Å². The van der Waals surface area contributed by atoms with E-state index in [4.69, 9.17) is 4.74 Å². The van der Waals surface area contributed by atoms with Crippen LogP contribution >= 0.6 is 0 Å². The van der Waals surface area contributed by atoms with Crippen LogP contribution in [-0.4, -0.2) is 51.5 Å². The van der Waals surface area contributed by atoms with E-state index in [-0.39, 0.29) is 23.5 Å². The molecule has 1 saturated heterocycles. The molecule has 37 heavy (non-hydrogen) atoms. The van der Waals surface area contributed by atoms with Gasteiger partial charge < -0.3 is 19.5 Å². The highest BCUT2D eigenvalue weighted by atomic mass is 19.1. The Labute approximate surface area is 217 Å². The first-order valence-electron chi connectivity index (χ1n) is 14.1. The smallest absolute Gasteiger partial charge is 0.160 e. The third-order valence-corrected chi connectivity index (χ3v) is 9.78. The Morgan fingerprint density at radius 3 is 2.78 bits per heavy atom. The van der Waals surface area contributed by atoms with Crippen LogP contribution in [0, 0.1) is 17.7 Å². The number of fused-ring (bicyclic) bond motifs is 4. The number of hydrogen-bond donors (Lipinski definition) is 2. The van der Waals surface area contributed by atoms with Gasteiger partial charge >= 0.3 is 0 Å². The Balaban J connectivity index is 1.25. The van der Waals surface area contributed by atoms with Gasteiger partial charge in [-0.25, -0.2) is 4.39 Å². The van der Waals surface area contributed by atoms with Crippen LogP contribution in [0.25, 0.3) is 10.9 Å². The highest BCUT2D eigenvalue weighted by molar-refractivity contribution is 5.89. The van der Waals surface area contributed by atoms with Crippen molar-refractivity contribution in [3.8, 4) is 11.5 Å². The summed E-state index contributed by atoms with van der Waals surface area (Å²) in [6, 6.07) is 9.10. The number of aryl methyl sites for hydroxylation is 3. The summed E-state index contributed by atoms with van der Waals surface area (Å²) in [5, 5.41) is 23.9. The van der Waals surface area contributed by atoms with Crippen LogP contribution in [0.2, 0.25) is 0 Å². The van der Waals surface area contributed by atoms with Crippen molar-refractivity contribution in [3.05, 3.63) is 58.5 Å². The third kappa shape index (κ3) is 3.87. The summed E-state index contributed by atoms with van der Waals surface area (Å²) < 4.78 is 22.4. The predicted octanol–water partition coefficient (Wildman–Crippen LogP) is 5.00. The molecule has 2 aliphatic carbocycles. The van der Waals surface area contributed by atoms with Gasteiger partial charge in [0.1, 0.15) is 5.82 Å². The van der Waals surface area contributed by atoms with Gasteiger partial charge in [-0.1, -0.05) is 6.07 Å². The lowest BCUT2D eigenvalue weighted by Crippen LogP contribution is -2.64. The van der Waals surface area contributed by atoms with Crippen LogP contribution in [-0.2, 0) is 32.2 Å². The van der Waals surface area contributed by atoms with Crippen molar-refractivity contribution in [2.45, 2.75) is 76.0 Å². The first kappa shape index (κ1) is 23.5. The summed E-state index contributed by atoms with van der Waals surface area (Å²) in [6.07, 6.45) is 8.65. The van der Waals surface area contributed by atoms with Crippen LogP contribution < -0.4 is 4.74 Å². The first-order chi connectivity index (χ1) is 17.9. The minimum atomic E-state index is -0.839. The molecule has 1 aromatic heterocycles.